The summed E-state index contributed by atoms with van der Waals surface area (Å²) in [5, 5.41) is 16.6. The predicted octanol–water partition coefficient (Wildman–Crippen LogP) is 3.80. The number of benzene rings is 3. The van der Waals surface area contributed by atoms with E-state index in [0.717, 1.165) is 5.56 Å². The lowest BCUT2D eigenvalue weighted by atomic mass is 10.1. The van der Waals surface area contributed by atoms with Gasteiger partial charge in [0.25, 0.3) is 11.8 Å². The molecule has 3 rings (SSSR count). The predicted molar refractivity (Wildman–Crippen MR) is 109 cm³/mol. The second-order valence-electron chi connectivity index (χ2n) is 6.05. The topological polar surface area (TPSA) is 90.8 Å². The van der Waals surface area contributed by atoms with Crippen molar-refractivity contribution < 1.29 is 14.7 Å². The van der Waals surface area contributed by atoms with Crippen LogP contribution in [0.5, 0.6) is 5.75 Å². The Morgan fingerprint density at radius 3 is 2.11 bits per heavy atom. The Morgan fingerprint density at radius 1 is 0.786 bits per heavy atom. The Bertz CT molecular complexity index is 1010. The van der Waals surface area contributed by atoms with Crippen LogP contribution in [0.3, 0.4) is 0 Å². The Hall–Kier alpha value is -3.93. The zero-order chi connectivity index (χ0) is 19.9. The summed E-state index contributed by atoms with van der Waals surface area (Å²) < 4.78 is 0. The summed E-state index contributed by atoms with van der Waals surface area (Å²) in [5.74, 6) is -0.788. The van der Waals surface area contributed by atoms with Crippen LogP contribution < -0.4 is 10.7 Å². The van der Waals surface area contributed by atoms with E-state index in [-0.39, 0.29) is 17.2 Å². The van der Waals surface area contributed by atoms with Crippen LogP contribution in [0.1, 0.15) is 33.2 Å². The Balaban J connectivity index is 1.64. The van der Waals surface area contributed by atoms with Gasteiger partial charge >= 0.3 is 0 Å². The summed E-state index contributed by atoms with van der Waals surface area (Å²) in [6.45, 7) is 1.75. The van der Waals surface area contributed by atoms with Crippen LogP contribution in [-0.2, 0) is 0 Å². The fourth-order valence-electron chi connectivity index (χ4n) is 2.51. The summed E-state index contributed by atoms with van der Waals surface area (Å²) in [5.41, 5.74) is 5.19. The van der Waals surface area contributed by atoms with Gasteiger partial charge in [-0.15, -0.1) is 0 Å². The van der Waals surface area contributed by atoms with Crippen molar-refractivity contribution in [3.05, 3.63) is 95.6 Å². The van der Waals surface area contributed by atoms with E-state index < -0.39 is 5.91 Å². The van der Waals surface area contributed by atoms with Gasteiger partial charge in [-0.25, -0.2) is 5.43 Å². The van der Waals surface area contributed by atoms with Gasteiger partial charge in [0.05, 0.1) is 11.3 Å². The number of phenolic OH excluding ortho intramolecular Hbond substituents is 1. The number of carbonyl (C=O) groups is 2. The number of amides is 2. The molecule has 0 unspecified atom stereocenters. The molecule has 0 aliphatic carbocycles. The average Bonchev–Trinajstić information content (AvgIpc) is 2.73. The molecular formula is C22H19N3O3. The van der Waals surface area contributed by atoms with Crippen molar-refractivity contribution >= 4 is 23.2 Å². The lowest BCUT2D eigenvalue weighted by Crippen LogP contribution is -2.19. The molecule has 0 fully saturated rings. The molecule has 0 heterocycles. The normalized spacial score (nSPS) is 11.0. The number of nitrogens with one attached hydrogen (secondary N) is 2. The molecule has 0 saturated carbocycles. The van der Waals surface area contributed by atoms with Crippen LogP contribution >= 0.6 is 0 Å². The Kier molecular flexibility index (Phi) is 5.81. The van der Waals surface area contributed by atoms with Crippen molar-refractivity contribution in [2.75, 3.05) is 5.32 Å². The maximum absolute atomic E-state index is 12.2. The fourth-order valence-corrected chi connectivity index (χ4v) is 2.51. The van der Waals surface area contributed by atoms with E-state index in [2.05, 4.69) is 15.8 Å². The first-order valence-corrected chi connectivity index (χ1v) is 8.64. The van der Waals surface area contributed by atoms with Gasteiger partial charge in [0.15, 0.2) is 0 Å². The van der Waals surface area contributed by atoms with Gasteiger partial charge in [-0.2, -0.15) is 5.10 Å². The highest BCUT2D eigenvalue weighted by molar-refractivity contribution is 6.05. The summed E-state index contributed by atoms with van der Waals surface area (Å²) >= 11 is 0. The van der Waals surface area contributed by atoms with Gasteiger partial charge in [0.1, 0.15) is 5.75 Å². The van der Waals surface area contributed by atoms with Crippen molar-refractivity contribution in [3.8, 4) is 5.75 Å². The van der Waals surface area contributed by atoms with Crippen molar-refractivity contribution in [2.45, 2.75) is 6.92 Å². The highest BCUT2D eigenvalue weighted by Gasteiger charge is 2.10. The van der Waals surface area contributed by atoms with Crippen molar-refractivity contribution in [2.24, 2.45) is 5.10 Å². The number of hydrazone groups is 1. The maximum atomic E-state index is 12.2. The third kappa shape index (κ3) is 4.62. The molecule has 0 aliphatic heterocycles. The van der Waals surface area contributed by atoms with E-state index in [4.69, 9.17) is 0 Å². The van der Waals surface area contributed by atoms with Gasteiger partial charge in [-0.1, -0.05) is 42.5 Å². The largest absolute Gasteiger partial charge is 0.507 e. The molecule has 3 aromatic rings. The van der Waals surface area contributed by atoms with Gasteiger partial charge < -0.3 is 10.4 Å². The summed E-state index contributed by atoms with van der Waals surface area (Å²) in [4.78, 5) is 24.3. The molecule has 0 saturated heterocycles. The highest BCUT2D eigenvalue weighted by Crippen LogP contribution is 2.15. The molecule has 3 aromatic carbocycles. The molecule has 3 N–H and O–H groups in total. The van der Waals surface area contributed by atoms with Crippen LogP contribution in [-0.4, -0.2) is 22.6 Å². The van der Waals surface area contributed by atoms with E-state index in [1.807, 2.05) is 6.07 Å². The number of hydrogen-bond donors (Lipinski definition) is 3. The number of rotatable bonds is 5. The SMILES string of the molecule is C/C(=N\NC(=O)c1ccccc1O)c1ccc(NC(=O)c2ccccc2)cc1. The van der Waals surface area contributed by atoms with Crippen LogP contribution in [0.2, 0.25) is 0 Å². The van der Waals surface area contributed by atoms with Crippen molar-refractivity contribution in [1.29, 1.82) is 0 Å². The zero-order valence-electron chi connectivity index (χ0n) is 15.2. The average molecular weight is 373 g/mol. The molecule has 0 aromatic heterocycles. The molecule has 0 bridgehead atoms. The molecule has 28 heavy (non-hydrogen) atoms. The van der Waals surface area contributed by atoms with E-state index >= 15 is 0 Å². The minimum atomic E-state index is -0.496. The second-order valence-corrected chi connectivity index (χ2v) is 6.05. The third-order valence-electron chi connectivity index (χ3n) is 4.07. The van der Waals surface area contributed by atoms with Crippen LogP contribution in [0.25, 0.3) is 0 Å². The number of phenols is 1. The molecule has 6 heteroatoms. The highest BCUT2D eigenvalue weighted by atomic mass is 16.3. The molecule has 0 aliphatic rings. The molecule has 0 spiro atoms. The molecular weight excluding hydrogens is 354 g/mol. The number of anilines is 1. The van der Waals surface area contributed by atoms with Crippen molar-refractivity contribution in [3.63, 3.8) is 0 Å². The quantitative estimate of drug-likeness (QED) is 0.469. The van der Waals surface area contributed by atoms with Crippen LogP contribution in [0.15, 0.2) is 84.0 Å². The number of hydrogen-bond acceptors (Lipinski definition) is 4. The Morgan fingerprint density at radius 2 is 1.43 bits per heavy atom. The lowest BCUT2D eigenvalue weighted by Gasteiger charge is -2.07. The molecule has 0 radical (unpaired) electrons. The van der Waals surface area contributed by atoms with Crippen molar-refractivity contribution in [1.82, 2.24) is 5.43 Å². The lowest BCUT2D eigenvalue weighted by molar-refractivity contribution is 0.0951. The third-order valence-corrected chi connectivity index (χ3v) is 4.07. The van der Waals surface area contributed by atoms with Crippen LogP contribution in [0, 0.1) is 0 Å². The Labute approximate surface area is 162 Å². The summed E-state index contributed by atoms with van der Waals surface area (Å²) in [6.07, 6.45) is 0. The number of nitrogens with zero attached hydrogens (tertiary/aromatic N) is 1. The maximum Gasteiger partial charge on any atom is 0.275 e. The van der Waals surface area contributed by atoms with Gasteiger partial charge in [-0.3, -0.25) is 9.59 Å². The molecule has 2 amide bonds. The van der Waals surface area contributed by atoms with Gasteiger partial charge in [0, 0.05) is 11.3 Å². The molecule has 0 atom stereocenters. The minimum absolute atomic E-state index is 0.105. The van der Waals surface area contributed by atoms with E-state index in [9.17, 15) is 14.7 Å². The van der Waals surface area contributed by atoms with E-state index in [1.54, 1.807) is 67.6 Å². The van der Waals surface area contributed by atoms with Gasteiger partial charge in [-0.05, 0) is 48.9 Å². The molecule has 140 valence electrons. The summed E-state index contributed by atoms with van der Waals surface area (Å²) in [6, 6.07) is 22.3. The monoisotopic (exact) mass is 373 g/mol. The first kappa shape index (κ1) is 18.8. The minimum Gasteiger partial charge on any atom is -0.507 e. The second kappa shape index (κ2) is 8.64. The first-order valence-electron chi connectivity index (χ1n) is 8.64. The summed E-state index contributed by atoms with van der Waals surface area (Å²) in [7, 11) is 0. The fraction of sp³-hybridized carbons (Fsp3) is 0.0455. The first-order chi connectivity index (χ1) is 13.5. The van der Waals surface area contributed by atoms with E-state index in [1.165, 1.54) is 12.1 Å². The van der Waals surface area contributed by atoms with Gasteiger partial charge in [0.2, 0.25) is 0 Å². The standard InChI is InChI=1S/C22H19N3O3/c1-15(24-25-22(28)19-9-5-6-10-20(19)26)16-11-13-18(14-12-16)23-21(27)17-7-3-2-4-8-17/h2-14,26H,1H3,(H,23,27)(H,25,28)/b24-15+. The van der Waals surface area contributed by atoms with E-state index in [0.29, 0.717) is 17.0 Å². The smallest absolute Gasteiger partial charge is 0.275 e. The molecule has 6 nitrogen and oxygen atoms in total. The van der Waals surface area contributed by atoms with Crippen LogP contribution in [0.4, 0.5) is 5.69 Å². The zero-order valence-corrected chi connectivity index (χ0v) is 15.2. The number of aromatic hydroxyl groups is 1. The number of para-hydroxylation sites is 1. The number of carbonyl (C=O) groups excluding carboxylic acids is 2.